The van der Waals surface area contributed by atoms with Gasteiger partial charge in [0.1, 0.15) is 0 Å². The number of amides is 3. The van der Waals surface area contributed by atoms with Crippen LogP contribution in [0.5, 0.6) is 0 Å². The van der Waals surface area contributed by atoms with Crippen LogP contribution in [0.4, 0.5) is 4.79 Å². The van der Waals surface area contributed by atoms with Crippen LogP contribution in [-0.4, -0.2) is 66.9 Å². The summed E-state index contributed by atoms with van der Waals surface area (Å²) in [6.45, 7) is 4.34. The molecule has 0 spiro atoms. The van der Waals surface area contributed by atoms with Gasteiger partial charge in [0.25, 0.3) is 5.91 Å². The molecule has 0 bridgehead atoms. The summed E-state index contributed by atoms with van der Waals surface area (Å²) in [4.78, 5) is 29.4. The van der Waals surface area contributed by atoms with Crippen molar-refractivity contribution in [1.29, 1.82) is 0 Å². The molecular weight excluding hydrogens is 254 g/mol. The van der Waals surface area contributed by atoms with E-state index in [0.29, 0.717) is 26.2 Å². The number of nitrogens with zero attached hydrogens (tertiary/aromatic N) is 3. The van der Waals surface area contributed by atoms with Gasteiger partial charge >= 0.3 is 6.03 Å². The van der Waals surface area contributed by atoms with Gasteiger partial charge in [0.15, 0.2) is 0 Å². The van der Waals surface area contributed by atoms with Crippen LogP contribution in [0.3, 0.4) is 0 Å². The maximum absolute atomic E-state index is 12.4. The van der Waals surface area contributed by atoms with Crippen molar-refractivity contribution < 1.29 is 9.59 Å². The molecule has 0 atom stereocenters. The highest BCUT2D eigenvalue weighted by atomic mass is 16.2. The van der Waals surface area contributed by atoms with Gasteiger partial charge in [-0.3, -0.25) is 4.79 Å². The van der Waals surface area contributed by atoms with E-state index in [1.165, 1.54) is 0 Å². The molecule has 1 aromatic rings. The van der Waals surface area contributed by atoms with Crippen molar-refractivity contribution in [3.63, 3.8) is 0 Å². The number of hydrogen-bond donors (Lipinski definition) is 0. The molecule has 1 saturated heterocycles. The van der Waals surface area contributed by atoms with Gasteiger partial charge in [-0.1, -0.05) is 17.7 Å². The minimum Gasteiger partial charge on any atom is -0.335 e. The smallest absolute Gasteiger partial charge is 0.319 e. The van der Waals surface area contributed by atoms with Gasteiger partial charge in [-0.05, 0) is 19.1 Å². The van der Waals surface area contributed by atoms with Crippen molar-refractivity contribution in [2.75, 3.05) is 40.3 Å². The van der Waals surface area contributed by atoms with Crippen molar-refractivity contribution in [3.8, 4) is 0 Å². The Morgan fingerprint density at radius 1 is 1.05 bits per heavy atom. The van der Waals surface area contributed by atoms with Crippen molar-refractivity contribution in [1.82, 2.24) is 14.7 Å². The van der Waals surface area contributed by atoms with Gasteiger partial charge in [0.05, 0.1) is 0 Å². The molecule has 1 aromatic carbocycles. The molecule has 5 heteroatoms. The van der Waals surface area contributed by atoms with E-state index < -0.39 is 0 Å². The largest absolute Gasteiger partial charge is 0.335 e. The molecule has 1 aliphatic rings. The average molecular weight is 275 g/mol. The molecule has 1 heterocycles. The molecule has 1 aliphatic heterocycles. The number of carbonyl (C=O) groups excluding carboxylic acids is 2. The molecule has 0 aliphatic carbocycles. The average Bonchev–Trinajstić information content (AvgIpc) is 2.46. The number of carbonyl (C=O) groups is 2. The second-order valence-electron chi connectivity index (χ2n) is 5.33. The standard InChI is InChI=1S/C15H21N3O2/c1-12-5-4-6-13(11-12)14(19)17-7-9-18(10-8-17)15(20)16(2)3/h4-6,11H,7-10H2,1-3H3. The summed E-state index contributed by atoms with van der Waals surface area (Å²) < 4.78 is 0. The van der Waals surface area contributed by atoms with Crippen molar-refractivity contribution in [2.24, 2.45) is 0 Å². The van der Waals surface area contributed by atoms with E-state index in [1.54, 1.807) is 23.9 Å². The summed E-state index contributed by atoms with van der Waals surface area (Å²) in [7, 11) is 3.49. The van der Waals surface area contributed by atoms with Crippen molar-refractivity contribution in [2.45, 2.75) is 6.92 Å². The topological polar surface area (TPSA) is 43.9 Å². The minimum atomic E-state index is 0.00709. The summed E-state index contributed by atoms with van der Waals surface area (Å²) in [5.74, 6) is 0.0469. The number of aryl methyl sites for hydroxylation is 1. The van der Waals surface area contributed by atoms with Crippen LogP contribution in [0.1, 0.15) is 15.9 Å². The fourth-order valence-corrected chi connectivity index (χ4v) is 2.34. The maximum Gasteiger partial charge on any atom is 0.319 e. The normalized spacial score (nSPS) is 15.2. The first-order chi connectivity index (χ1) is 9.49. The zero-order chi connectivity index (χ0) is 14.7. The Labute approximate surface area is 119 Å². The number of benzene rings is 1. The molecular formula is C15H21N3O2. The molecule has 2 rings (SSSR count). The highest BCUT2D eigenvalue weighted by molar-refractivity contribution is 5.94. The highest BCUT2D eigenvalue weighted by Gasteiger charge is 2.25. The van der Waals surface area contributed by atoms with Gasteiger partial charge in [-0.2, -0.15) is 0 Å². The molecule has 20 heavy (non-hydrogen) atoms. The van der Waals surface area contributed by atoms with Crippen LogP contribution in [0, 0.1) is 6.92 Å². The van der Waals surface area contributed by atoms with Crippen LogP contribution in [0.15, 0.2) is 24.3 Å². The molecule has 3 amide bonds. The SMILES string of the molecule is Cc1cccc(C(=O)N2CCN(C(=O)N(C)C)CC2)c1. The van der Waals surface area contributed by atoms with E-state index in [2.05, 4.69) is 0 Å². The Morgan fingerprint density at radius 3 is 2.20 bits per heavy atom. The maximum atomic E-state index is 12.4. The molecule has 0 saturated carbocycles. The third-order valence-electron chi connectivity index (χ3n) is 3.49. The number of piperazine rings is 1. The number of urea groups is 1. The Hall–Kier alpha value is -2.04. The third-order valence-corrected chi connectivity index (χ3v) is 3.49. The lowest BCUT2D eigenvalue weighted by Crippen LogP contribution is -2.52. The van der Waals surface area contributed by atoms with Gasteiger partial charge in [0.2, 0.25) is 0 Å². The summed E-state index contributed by atoms with van der Waals surface area (Å²) in [5, 5.41) is 0. The van der Waals surface area contributed by atoms with E-state index in [1.807, 2.05) is 36.1 Å². The number of rotatable bonds is 1. The predicted molar refractivity (Wildman–Crippen MR) is 77.7 cm³/mol. The molecule has 0 N–H and O–H groups in total. The lowest BCUT2D eigenvalue weighted by Gasteiger charge is -2.36. The van der Waals surface area contributed by atoms with Gasteiger partial charge in [0, 0.05) is 45.8 Å². The number of hydrogen-bond acceptors (Lipinski definition) is 2. The van der Waals surface area contributed by atoms with Gasteiger partial charge < -0.3 is 14.7 Å². The van der Waals surface area contributed by atoms with Crippen LogP contribution in [-0.2, 0) is 0 Å². The first-order valence-corrected chi connectivity index (χ1v) is 6.81. The third kappa shape index (κ3) is 3.10. The van der Waals surface area contributed by atoms with Crippen LogP contribution in [0.2, 0.25) is 0 Å². The first-order valence-electron chi connectivity index (χ1n) is 6.81. The lowest BCUT2D eigenvalue weighted by molar-refractivity contribution is 0.0650. The van der Waals surface area contributed by atoms with Gasteiger partial charge in [-0.15, -0.1) is 0 Å². The molecule has 1 fully saturated rings. The highest BCUT2D eigenvalue weighted by Crippen LogP contribution is 2.11. The molecule has 0 radical (unpaired) electrons. The fourth-order valence-electron chi connectivity index (χ4n) is 2.34. The van der Waals surface area contributed by atoms with E-state index in [9.17, 15) is 9.59 Å². The zero-order valence-corrected chi connectivity index (χ0v) is 12.3. The van der Waals surface area contributed by atoms with Crippen molar-refractivity contribution in [3.05, 3.63) is 35.4 Å². The fraction of sp³-hybridized carbons (Fsp3) is 0.467. The quantitative estimate of drug-likeness (QED) is 0.778. The Morgan fingerprint density at radius 2 is 1.65 bits per heavy atom. The first kappa shape index (κ1) is 14.4. The summed E-state index contributed by atoms with van der Waals surface area (Å²) in [6.07, 6.45) is 0. The molecule has 5 nitrogen and oxygen atoms in total. The van der Waals surface area contributed by atoms with E-state index in [-0.39, 0.29) is 11.9 Å². The van der Waals surface area contributed by atoms with Crippen LogP contribution < -0.4 is 0 Å². The van der Waals surface area contributed by atoms with E-state index in [0.717, 1.165) is 11.1 Å². The summed E-state index contributed by atoms with van der Waals surface area (Å²) >= 11 is 0. The summed E-state index contributed by atoms with van der Waals surface area (Å²) in [5.41, 5.74) is 1.80. The predicted octanol–water partition coefficient (Wildman–Crippen LogP) is 1.43. The monoisotopic (exact) mass is 275 g/mol. The molecule has 0 unspecified atom stereocenters. The Bertz CT molecular complexity index is 506. The zero-order valence-electron chi connectivity index (χ0n) is 12.3. The van der Waals surface area contributed by atoms with E-state index in [4.69, 9.17) is 0 Å². The summed E-state index contributed by atoms with van der Waals surface area (Å²) in [6, 6.07) is 7.62. The van der Waals surface area contributed by atoms with Crippen LogP contribution in [0.25, 0.3) is 0 Å². The van der Waals surface area contributed by atoms with E-state index >= 15 is 0 Å². The van der Waals surface area contributed by atoms with Crippen molar-refractivity contribution >= 4 is 11.9 Å². The Kier molecular flexibility index (Phi) is 4.27. The Balaban J connectivity index is 1.97. The second-order valence-corrected chi connectivity index (χ2v) is 5.33. The molecule has 0 aromatic heterocycles. The minimum absolute atomic E-state index is 0.00709. The second kappa shape index (κ2) is 5.94. The van der Waals surface area contributed by atoms with Gasteiger partial charge in [-0.25, -0.2) is 4.79 Å². The van der Waals surface area contributed by atoms with Crippen LogP contribution >= 0.6 is 0 Å². The molecule has 108 valence electrons. The lowest BCUT2D eigenvalue weighted by atomic mass is 10.1.